The maximum absolute atomic E-state index is 4.43. The Morgan fingerprint density at radius 3 is 3.20 bits per heavy atom. The summed E-state index contributed by atoms with van der Waals surface area (Å²) in [5.41, 5.74) is 1.46. The molecule has 0 radical (unpaired) electrons. The first kappa shape index (κ1) is 11.8. The van der Waals surface area contributed by atoms with Gasteiger partial charge in [0.05, 0.1) is 11.9 Å². The molecule has 0 amide bonds. The summed E-state index contributed by atoms with van der Waals surface area (Å²) in [4.78, 5) is 11.5. The average molecular weight is 285 g/mol. The second kappa shape index (κ2) is 4.86. The van der Waals surface area contributed by atoms with Crippen LogP contribution in [-0.2, 0) is 19.4 Å². The highest BCUT2D eigenvalue weighted by molar-refractivity contribution is 7.19. The van der Waals surface area contributed by atoms with Crippen LogP contribution in [-0.4, -0.2) is 26.3 Å². The minimum absolute atomic E-state index is 0.818. The van der Waals surface area contributed by atoms with Gasteiger partial charge in [-0.25, -0.2) is 9.97 Å². The zero-order chi connectivity index (χ0) is 13.4. The molecule has 0 aliphatic heterocycles. The molecule has 5 nitrogen and oxygen atoms in total. The van der Waals surface area contributed by atoms with E-state index in [-0.39, 0.29) is 0 Å². The SMILES string of the molecule is c1cnn(CCNc2ncnc3sc4c(c23)CCC4)c1. The number of anilines is 1. The molecule has 3 aromatic heterocycles. The molecular formula is C14H15N5S. The molecule has 0 spiro atoms. The van der Waals surface area contributed by atoms with Crippen molar-refractivity contribution in [3.8, 4) is 0 Å². The van der Waals surface area contributed by atoms with Crippen molar-refractivity contribution in [3.05, 3.63) is 35.2 Å². The van der Waals surface area contributed by atoms with Gasteiger partial charge in [0.15, 0.2) is 0 Å². The lowest BCUT2D eigenvalue weighted by Crippen LogP contribution is -2.12. The second-order valence-corrected chi connectivity index (χ2v) is 6.04. The van der Waals surface area contributed by atoms with Crippen molar-refractivity contribution in [3.63, 3.8) is 0 Å². The number of aromatic nitrogens is 4. The van der Waals surface area contributed by atoms with Gasteiger partial charge < -0.3 is 5.32 Å². The Kier molecular flexibility index (Phi) is 2.88. The Labute approximate surface area is 120 Å². The predicted octanol–water partition coefficient (Wildman–Crippen LogP) is 2.49. The maximum Gasteiger partial charge on any atom is 0.138 e. The molecule has 20 heavy (non-hydrogen) atoms. The standard InChI is InChI=1S/C14H15N5S/c1-3-10-11(4-1)20-14-12(10)13(16-9-17-14)15-6-8-19-7-2-5-18-19/h2,5,7,9H,1,3-4,6,8H2,(H,15,16,17). The monoisotopic (exact) mass is 285 g/mol. The predicted molar refractivity (Wildman–Crippen MR) is 80.2 cm³/mol. The Morgan fingerprint density at radius 2 is 2.30 bits per heavy atom. The van der Waals surface area contributed by atoms with E-state index in [0.717, 1.165) is 30.2 Å². The van der Waals surface area contributed by atoms with Gasteiger partial charge >= 0.3 is 0 Å². The molecule has 6 heteroatoms. The van der Waals surface area contributed by atoms with Gasteiger partial charge in [-0.2, -0.15) is 5.10 Å². The van der Waals surface area contributed by atoms with Gasteiger partial charge in [0.1, 0.15) is 17.0 Å². The van der Waals surface area contributed by atoms with E-state index >= 15 is 0 Å². The van der Waals surface area contributed by atoms with Crippen LogP contribution in [0.5, 0.6) is 0 Å². The number of nitrogens with zero attached hydrogens (tertiary/aromatic N) is 4. The summed E-state index contributed by atoms with van der Waals surface area (Å²) in [7, 11) is 0. The topological polar surface area (TPSA) is 55.6 Å². The van der Waals surface area contributed by atoms with Crippen molar-refractivity contribution < 1.29 is 0 Å². The summed E-state index contributed by atoms with van der Waals surface area (Å²) in [6, 6.07) is 1.94. The Hall–Kier alpha value is -1.95. The summed E-state index contributed by atoms with van der Waals surface area (Å²) in [6.07, 6.45) is 9.05. The average Bonchev–Trinajstić information content (AvgIpc) is 3.14. The molecule has 102 valence electrons. The molecule has 3 aromatic rings. The van der Waals surface area contributed by atoms with Gasteiger partial charge in [-0.05, 0) is 30.9 Å². The van der Waals surface area contributed by atoms with Gasteiger partial charge in [0, 0.05) is 23.8 Å². The summed E-state index contributed by atoms with van der Waals surface area (Å²) in [5, 5.41) is 8.88. The molecule has 0 fully saturated rings. The fourth-order valence-corrected chi connectivity index (χ4v) is 4.01. The van der Waals surface area contributed by atoms with Gasteiger partial charge in [0.25, 0.3) is 0 Å². The van der Waals surface area contributed by atoms with E-state index in [2.05, 4.69) is 20.4 Å². The quantitative estimate of drug-likeness (QED) is 0.800. The van der Waals surface area contributed by atoms with Crippen molar-refractivity contribution in [1.29, 1.82) is 0 Å². The van der Waals surface area contributed by atoms with E-state index in [1.54, 1.807) is 12.5 Å². The number of hydrogen-bond donors (Lipinski definition) is 1. The van der Waals surface area contributed by atoms with Crippen LogP contribution in [0.3, 0.4) is 0 Å². The third-order valence-electron chi connectivity index (χ3n) is 3.69. The summed E-state index contributed by atoms with van der Waals surface area (Å²) >= 11 is 1.82. The van der Waals surface area contributed by atoms with Crippen molar-refractivity contribution >= 4 is 27.4 Å². The fraction of sp³-hybridized carbons (Fsp3) is 0.357. The molecule has 4 rings (SSSR count). The Bertz CT molecular complexity index is 731. The first-order chi connectivity index (χ1) is 9.92. The van der Waals surface area contributed by atoms with Gasteiger partial charge in [-0.3, -0.25) is 4.68 Å². The van der Waals surface area contributed by atoms with Gasteiger partial charge in [-0.1, -0.05) is 0 Å². The smallest absolute Gasteiger partial charge is 0.138 e. The third kappa shape index (κ3) is 1.96. The van der Waals surface area contributed by atoms with Crippen molar-refractivity contribution in [2.45, 2.75) is 25.8 Å². The molecule has 0 saturated heterocycles. The maximum atomic E-state index is 4.43. The molecule has 0 aromatic carbocycles. The number of fused-ring (bicyclic) bond motifs is 3. The van der Waals surface area contributed by atoms with Gasteiger partial charge in [-0.15, -0.1) is 11.3 Å². The van der Waals surface area contributed by atoms with Crippen LogP contribution < -0.4 is 5.32 Å². The Morgan fingerprint density at radius 1 is 1.30 bits per heavy atom. The summed E-state index contributed by atoms with van der Waals surface area (Å²) in [5.74, 6) is 0.974. The molecule has 1 aliphatic carbocycles. The molecule has 1 aliphatic rings. The van der Waals surface area contributed by atoms with E-state index in [4.69, 9.17) is 0 Å². The molecule has 1 N–H and O–H groups in total. The third-order valence-corrected chi connectivity index (χ3v) is 4.89. The first-order valence-corrected chi connectivity index (χ1v) is 7.70. The van der Waals surface area contributed by atoms with Crippen LogP contribution in [0.4, 0.5) is 5.82 Å². The molecule has 0 saturated carbocycles. The van der Waals surface area contributed by atoms with Crippen molar-refractivity contribution in [1.82, 2.24) is 19.7 Å². The number of hydrogen-bond acceptors (Lipinski definition) is 5. The molecule has 3 heterocycles. The van der Waals surface area contributed by atoms with Crippen LogP contribution in [0, 0.1) is 0 Å². The zero-order valence-corrected chi connectivity index (χ0v) is 11.9. The summed E-state index contributed by atoms with van der Waals surface area (Å²) < 4.78 is 1.92. The molecule has 0 bridgehead atoms. The normalized spacial score (nSPS) is 13.8. The fourth-order valence-electron chi connectivity index (χ4n) is 2.78. The highest BCUT2D eigenvalue weighted by Gasteiger charge is 2.20. The zero-order valence-electron chi connectivity index (χ0n) is 11.0. The number of rotatable bonds is 4. The lowest BCUT2D eigenvalue weighted by molar-refractivity contribution is 0.637. The van der Waals surface area contributed by atoms with E-state index in [1.807, 2.05) is 28.3 Å². The lowest BCUT2D eigenvalue weighted by Gasteiger charge is -2.07. The van der Waals surface area contributed by atoms with E-state index in [9.17, 15) is 0 Å². The van der Waals surface area contributed by atoms with Gasteiger partial charge in [0.2, 0.25) is 0 Å². The lowest BCUT2D eigenvalue weighted by atomic mass is 10.2. The highest BCUT2D eigenvalue weighted by atomic mass is 32.1. The Balaban J connectivity index is 1.59. The molecule has 0 atom stereocenters. The van der Waals surface area contributed by atoms with Crippen LogP contribution in [0.25, 0.3) is 10.2 Å². The van der Waals surface area contributed by atoms with Crippen LogP contribution in [0.2, 0.25) is 0 Å². The van der Waals surface area contributed by atoms with E-state index in [1.165, 1.54) is 28.7 Å². The van der Waals surface area contributed by atoms with Crippen molar-refractivity contribution in [2.75, 3.05) is 11.9 Å². The first-order valence-electron chi connectivity index (χ1n) is 6.88. The molecular weight excluding hydrogens is 270 g/mol. The largest absolute Gasteiger partial charge is 0.368 e. The highest BCUT2D eigenvalue weighted by Crippen LogP contribution is 2.38. The molecule has 0 unspecified atom stereocenters. The van der Waals surface area contributed by atoms with Crippen LogP contribution >= 0.6 is 11.3 Å². The summed E-state index contributed by atoms with van der Waals surface area (Å²) in [6.45, 7) is 1.66. The second-order valence-electron chi connectivity index (χ2n) is 4.96. The van der Waals surface area contributed by atoms with E-state index in [0.29, 0.717) is 0 Å². The van der Waals surface area contributed by atoms with Crippen LogP contribution in [0.15, 0.2) is 24.8 Å². The minimum atomic E-state index is 0.818. The number of nitrogens with one attached hydrogen (secondary N) is 1. The minimum Gasteiger partial charge on any atom is -0.368 e. The number of thiophene rings is 1. The van der Waals surface area contributed by atoms with Crippen molar-refractivity contribution in [2.24, 2.45) is 0 Å². The van der Waals surface area contributed by atoms with Crippen LogP contribution in [0.1, 0.15) is 16.9 Å². The van der Waals surface area contributed by atoms with E-state index < -0.39 is 0 Å². The number of aryl methyl sites for hydroxylation is 2.